The van der Waals surface area contributed by atoms with Crippen LogP contribution in [0.1, 0.15) is 29.8 Å². The van der Waals surface area contributed by atoms with Gasteiger partial charge in [-0.3, -0.25) is 0 Å². The van der Waals surface area contributed by atoms with Crippen LogP contribution in [0.3, 0.4) is 0 Å². The van der Waals surface area contributed by atoms with E-state index in [2.05, 4.69) is 0 Å². The van der Waals surface area contributed by atoms with Gasteiger partial charge in [0.15, 0.2) is 0 Å². The maximum atomic E-state index is 13.2. The predicted octanol–water partition coefficient (Wildman–Crippen LogP) is 3.02. The van der Waals surface area contributed by atoms with Crippen molar-refractivity contribution < 1.29 is 27.8 Å². The fraction of sp³-hybridized carbons (Fsp3) is 0.500. The van der Waals surface area contributed by atoms with E-state index >= 15 is 0 Å². The molecule has 1 N–H and O–H groups in total. The van der Waals surface area contributed by atoms with Gasteiger partial charge in [0.05, 0.1) is 29.9 Å². The van der Waals surface area contributed by atoms with Crippen molar-refractivity contribution >= 4 is 11.7 Å². The second-order valence-corrected chi connectivity index (χ2v) is 5.55. The van der Waals surface area contributed by atoms with E-state index in [1.54, 1.807) is 18.7 Å². The molecule has 116 valence electrons. The molecule has 4 nitrogen and oxygen atoms in total. The molecule has 1 aliphatic rings. The van der Waals surface area contributed by atoms with Crippen molar-refractivity contribution in [1.82, 2.24) is 0 Å². The Hall–Kier alpha value is -1.76. The van der Waals surface area contributed by atoms with E-state index in [-0.39, 0.29) is 11.3 Å². The predicted molar refractivity (Wildman–Crippen MR) is 70.6 cm³/mol. The zero-order chi connectivity index (χ0) is 15.8. The number of alkyl halides is 3. The number of carbonyl (C=O) groups is 1. The van der Waals surface area contributed by atoms with E-state index in [0.717, 1.165) is 0 Å². The molecule has 0 aliphatic carbocycles. The zero-order valence-electron chi connectivity index (χ0n) is 11.7. The number of nitrogens with zero attached hydrogens (tertiary/aromatic N) is 1. The summed E-state index contributed by atoms with van der Waals surface area (Å²) in [5.74, 6) is -1.38. The van der Waals surface area contributed by atoms with Crippen molar-refractivity contribution in [1.29, 1.82) is 0 Å². The first-order valence-electron chi connectivity index (χ1n) is 6.43. The number of hydrogen-bond acceptors (Lipinski definition) is 3. The van der Waals surface area contributed by atoms with E-state index in [1.807, 2.05) is 0 Å². The lowest BCUT2D eigenvalue weighted by Gasteiger charge is -2.44. The number of ether oxygens (including phenoxy) is 1. The quantitative estimate of drug-likeness (QED) is 0.912. The number of anilines is 1. The van der Waals surface area contributed by atoms with Crippen LogP contribution in [0.25, 0.3) is 0 Å². The number of halogens is 3. The third-order valence-electron chi connectivity index (χ3n) is 3.48. The zero-order valence-corrected chi connectivity index (χ0v) is 11.7. The summed E-state index contributed by atoms with van der Waals surface area (Å²) >= 11 is 0. The number of carboxylic acids is 1. The topological polar surface area (TPSA) is 49.8 Å². The number of hydrogen-bond donors (Lipinski definition) is 1. The molecule has 1 saturated heterocycles. The molecule has 0 bridgehead atoms. The highest BCUT2D eigenvalue weighted by Gasteiger charge is 2.39. The van der Waals surface area contributed by atoms with Gasteiger partial charge < -0.3 is 14.7 Å². The summed E-state index contributed by atoms with van der Waals surface area (Å²) < 4.78 is 45.1. The lowest BCUT2D eigenvalue weighted by atomic mass is 9.98. The Balaban J connectivity index is 2.55. The SMILES string of the molecule is CC1(C)COCCN1c1ccc(C(=O)O)cc1C(F)(F)F. The summed E-state index contributed by atoms with van der Waals surface area (Å²) in [7, 11) is 0. The highest BCUT2D eigenvalue weighted by molar-refractivity contribution is 5.88. The maximum absolute atomic E-state index is 13.2. The molecule has 0 amide bonds. The van der Waals surface area contributed by atoms with Gasteiger partial charge in [-0.25, -0.2) is 4.79 Å². The van der Waals surface area contributed by atoms with Crippen molar-refractivity contribution in [3.63, 3.8) is 0 Å². The first kappa shape index (κ1) is 15.6. The van der Waals surface area contributed by atoms with E-state index in [0.29, 0.717) is 25.8 Å². The van der Waals surface area contributed by atoms with Crippen LogP contribution in [0.5, 0.6) is 0 Å². The molecule has 1 aliphatic heterocycles. The molecule has 0 spiro atoms. The largest absolute Gasteiger partial charge is 0.478 e. The smallest absolute Gasteiger partial charge is 0.418 e. The number of morpholine rings is 1. The Bertz CT molecular complexity index is 555. The van der Waals surface area contributed by atoms with Gasteiger partial charge in [0.25, 0.3) is 0 Å². The molecule has 0 aromatic heterocycles. The van der Waals surface area contributed by atoms with Crippen LogP contribution < -0.4 is 4.90 Å². The van der Waals surface area contributed by atoms with Crippen LogP contribution >= 0.6 is 0 Å². The summed E-state index contributed by atoms with van der Waals surface area (Å²) in [6.45, 7) is 4.55. The highest BCUT2D eigenvalue weighted by atomic mass is 19.4. The van der Waals surface area contributed by atoms with Crippen LogP contribution in [0, 0.1) is 0 Å². The molecule has 2 rings (SSSR count). The summed E-state index contributed by atoms with van der Waals surface area (Å²) in [5, 5.41) is 8.88. The standard InChI is InChI=1S/C14H16F3NO3/c1-13(2)8-21-6-5-18(13)11-4-3-9(12(19)20)7-10(11)14(15,16)17/h3-4,7H,5-6,8H2,1-2H3,(H,19,20). The Morgan fingerprint density at radius 2 is 2.05 bits per heavy atom. The van der Waals surface area contributed by atoms with Crippen molar-refractivity contribution in [2.75, 3.05) is 24.7 Å². The van der Waals surface area contributed by atoms with Crippen LogP contribution in [0.15, 0.2) is 18.2 Å². The van der Waals surface area contributed by atoms with Gasteiger partial charge in [-0.2, -0.15) is 13.2 Å². The second-order valence-electron chi connectivity index (χ2n) is 5.55. The molecule has 1 fully saturated rings. The molecule has 1 aromatic carbocycles. The third kappa shape index (κ3) is 3.12. The van der Waals surface area contributed by atoms with Gasteiger partial charge in [0.2, 0.25) is 0 Å². The van der Waals surface area contributed by atoms with Crippen LogP contribution in [-0.2, 0) is 10.9 Å². The highest BCUT2D eigenvalue weighted by Crippen LogP contribution is 2.40. The van der Waals surface area contributed by atoms with E-state index in [1.165, 1.54) is 12.1 Å². The minimum atomic E-state index is -4.62. The first-order chi connectivity index (χ1) is 9.63. The summed E-state index contributed by atoms with van der Waals surface area (Å²) in [5.41, 5.74) is -1.92. The van der Waals surface area contributed by atoms with E-state index in [9.17, 15) is 18.0 Å². The summed E-state index contributed by atoms with van der Waals surface area (Å²) in [4.78, 5) is 12.5. The first-order valence-corrected chi connectivity index (χ1v) is 6.43. The molecule has 7 heteroatoms. The Labute approximate surface area is 120 Å². The van der Waals surface area contributed by atoms with E-state index in [4.69, 9.17) is 9.84 Å². The van der Waals surface area contributed by atoms with Crippen LogP contribution in [-0.4, -0.2) is 36.4 Å². The van der Waals surface area contributed by atoms with Crippen molar-refractivity contribution in [2.45, 2.75) is 25.6 Å². The number of benzene rings is 1. The fourth-order valence-corrected chi connectivity index (χ4v) is 2.44. The van der Waals surface area contributed by atoms with E-state index < -0.39 is 23.2 Å². The van der Waals surface area contributed by atoms with Gasteiger partial charge in [-0.1, -0.05) is 0 Å². The molecule has 1 heterocycles. The molecular weight excluding hydrogens is 287 g/mol. The van der Waals surface area contributed by atoms with Gasteiger partial charge in [-0.15, -0.1) is 0 Å². The molecular formula is C14H16F3NO3. The Kier molecular flexibility index (Phi) is 3.88. The molecule has 0 saturated carbocycles. The van der Waals surface area contributed by atoms with Gasteiger partial charge in [0, 0.05) is 12.2 Å². The normalized spacial score (nSPS) is 18.6. The minimum Gasteiger partial charge on any atom is -0.478 e. The van der Waals surface area contributed by atoms with Crippen molar-refractivity contribution in [2.24, 2.45) is 0 Å². The van der Waals surface area contributed by atoms with Crippen molar-refractivity contribution in [3.05, 3.63) is 29.3 Å². The van der Waals surface area contributed by atoms with Crippen LogP contribution in [0.2, 0.25) is 0 Å². The van der Waals surface area contributed by atoms with Crippen LogP contribution in [0.4, 0.5) is 18.9 Å². The lowest BCUT2D eigenvalue weighted by molar-refractivity contribution is -0.137. The van der Waals surface area contributed by atoms with Crippen molar-refractivity contribution in [3.8, 4) is 0 Å². The summed E-state index contributed by atoms with van der Waals surface area (Å²) in [6, 6.07) is 3.10. The molecule has 21 heavy (non-hydrogen) atoms. The molecule has 0 unspecified atom stereocenters. The maximum Gasteiger partial charge on any atom is 0.418 e. The molecule has 1 aromatic rings. The second kappa shape index (κ2) is 5.22. The van der Waals surface area contributed by atoms with Gasteiger partial charge in [0.1, 0.15) is 0 Å². The molecule has 0 radical (unpaired) electrons. The number of rotatable bonds is 2. The average molecular weight is 303 g/mol. The summed E-state index contributed by atoms with van der Waals surface area (Å²) in [6.07, 6.45) is -4.62. The Morgan fingerprint density at radius 3 is 2.57 bits per heavy atom. The number of carboxylic acid groups (broad SMARTS) is 1. The number of aromatic carboxylic acids is 1. The molecule has 0 atom stereocenters. The average Bonchev–Trinajstić information content (AvgIpc) is 2.36. The third-order valence-corrected chi connectivity index (χ3v) is 3.48. The van der Waals surface area contributed by atoms with Gasteiger partial charge >= 0.3 is 12.1 Å². The minimum absolute atomic E-state index is 0.0131. The monoisotopic (exact) mass is 303 g/mol. The fourth-order valence-electron chi connectivity index (χ4n) is 2.44. The van der Waals surface area contributed by atoms with Gasteiger partial charge in [-0.05, 0) is 32.0 Å². The lowest BCUT2D eigenvalue weighted by Crippen LogP contribution is -2.53. The Morgan fingerprint density at radius 1 is 1.38 bits per heavy atom.